The average Bonchev–Trinajstić information content (AvgIpc) is 2.26. The first-order chi connectivity index (χ1) is 7.15. The molecule has 6 heteroatoms. The van der Waals surface area contributed by atoms with Crippen LogP contribution in [0, 0.1) is 0 Å². The maximum Gasteiger partial charge on any atom is 0.339 e. The molecule has 0 fully saturated rings. The van der Waals surface area contributed by atoms with Gasteiger partial charge in [-0.1, -0.05) is 0 Å². The van der Waals surface area contributed by atoms with E-state index in [-0.39, 0.29) is 23.8 Å². The van der Waals surface area contributed by atoms with E-state index < -0.39 is 5.97 Å². The molecule has 15 heavy (non-hydrogen) atoms. The summed E-state index contributed by atoms with van der Waals surface area (Å²) in [5.41, 5.74) is -0.0195. The zero-order valence-corrected chi connectivity index (χ0v) is 8.06. The van der Waals surface area contributed by atoms with Crippen LogP contribution in [0.4, 0.5) is 0 Å². The number of carbonyl (C=O) groups excluding carboxylic acids is 1. The normalized spacial score (nSPS) is 9.40. The number of hydrogen-bond donors (Lipinski definition) is 2. The van der Waals surface area contributed by atoms with E-state index in [9.17, 15) is 9.59 Å². The van der Waals surface area contributed by atoms with Gasteiger partial charge in [-0.2, -0.15) is 0 Å². The maximum atomic E-state index is 10.9. The van der Waals surface area contributed by atoms with Crippen LogP contribution in [-0.2, 0) is 4.79 Å². The third kappa shape index (κ3) is 2.94. The van der Waals surface area contributed by atoms with Gasteiger partial charge in [0, 0.05) is 13.2 Å². The Balaban J connectivity index is 2.76. The van der Waals surface area contributed by atoms with Crippen molar-refractivity contribution < 1.29 is 19.4 Å². The van der Waals surface area contributed by atoms with E-state index in [1.807, 2.05) is 0 Å². The number of rotatable bonds is 4. The summed E-state index contributed by atoms with van der Waals surface area (Å²) in [6, 6.07) is 1.31. The summed E-state index contributed by atoms with van der Waals surface area (Å²) in [4.78, 5) is 25.3. The molecule has 1 aromatic rings. The molecule has 0 aliphatic rings. The van der Waals surface area contributed by atoms with Crippen LogP contribution >= 0.6 is 0 Å². The highest BCUT2D eigenvalue weighted by Gasteiger charge is 2.11. The zero-order valence-electron chi connectivity index (χ0n) is 8.06. The summed E-state index contributed by atoms with van der Waals surface area (Å²) in [7, 11) is 1.47. The number of aromatic nitrogens is 1. The first-order valence-electron chi connectivity index (χ1n) is 4.16. The zero-order chi connectivity index (χ0) is 11.3. The fourth-order valence-electron chi connectivity index (χ4n) is 0.887. The van der Waals surface area contributed by atoms with Crippen molar-refractivity contribution in [2.75, 3.05) is 13.7 Å². The number of hydrogen-bond acceptors (Lipinski definition) is 4. The van der Waals surface area contributed by atoms with E-state index in [1.165, 1.54) is 25.5 Å². The number of amides is 1. The second-order valence-corrected chi connectivity index (χ2v) is 2.64. The number of aromatic carboxylic acids is 1. The molecule has 0 spiro atoms. The molecule has 0 aromatic carbocycles. The Kier molecular flexibility index (Phi) is 3.61. The van der Waals surface area contributed by atoms with Gasteiger partial charge in [-0.15, -0.1) is 0 Å². The molecule has 6 nitrogen and oxygen atoms in total. The van der Waals surface area contributed by atoms with Crippen molar-refractivity contribution in [1.82, 2.24) is 10.3 Å². The number of pyridine rings is 1. The monoisotopic (exact) mass is 210 g/mol. The molecule has 0 radical (unpaired) electrons. The summed E-state index contributed by atoms with van der Waals surface area (Å²) in [5.74, 6) is -1.38. The lowest BCUT2D eigenvalue weighted by Crippen LogP contribution is -2.25. The van der Waals surface area contributed by atoms with Crippen LogP contribution < -0.4 is 10.1 Å². The van der Waals surface area contributed by atoms with E-state index in [2.05, 4.69) is 10.3 Å². The molecule has 0 atom stereocenters. The van der Waals surface area contributed by atoms with Crippen molar-refractivity contribution in [3.05, 3.63) is 24.0 Å². The highest BCUT2D eigenvalue weighted by molar-refractivity contribution is 5.90. The quantitative estimate of drug-likeness (QED) is 0.724. The molecule has 1 amide bonds. The van der Waals surface area contributed by atoms with Gasteiger partial charge in [0.2, 0.25) is 0 Å². The van der Waals surface area contributed by atoms with E-state index in [1.54, 1.807) is 0 Å². The van der Waals surface area contributed by atoms with Crippen molar-refractivity contribution >= 4 is 11.9 Å². The topological polar surface area (TPSA) is 88.5 Å². The summed E-state index contributed by atoms with van der Waals surface area (Å²) in [5, 5.41) is 11.1. The second-order valence-electron chi connectivity index (χ2n) is 2.64. The molecule has 0 unspecified atom stereocenters. The smallest absolute Gasteiger partial charge is 0.339 e. The molecular formula is C9H10N2O4. The Labute approximate surface area is 85.9 Å². The van der Waals surface area contributed by atoms with Crippen LogP contribution in [-0.4, -0.2) is 35.6 Å². The molecule has 80 valence electrons. The third-order valence-corrected chi connectivity index (χ3v) is 1.65. The van der Waals surface area contributed by atoms with E-state index in [0.717, 1.165) is 0 Å². The van der Waals surface area contributed by atoms with E-state index >= 15 is 0 Å². The highest BCUT2D eigenvalue weighted by atomic mass is 16.5. The lowest BCUT2D eigenvalue weighted by Gasteiger charge is -2.06. The molecule has 0 aliphatic heterocycles. The van der Waals surface area contributed by atoms with Gasteiger partial charge in [-0.25, -0.2) is 4.79 Å². The molecule has 0 aliphatic carbocycles. The lowest BCUT2D eigenvalue weighted by molar-refractivity contribution is -0.122. The van der Waals surface area contributed by atoms with Gasteiger partial charge >= 0.3 is 5.97 Å². The summed E-state index contributed by atoms with van der Waals surface area (Å²) in [6.07, 6.45) is 2.60. The molecule has 2 N–H and O–H groups in total. The van der Waals surface area contributed by atoms with Crippen molar-refractivity contribution in [1.29, 1.82) is 0 Å². The van der Waals surface area contributed by atoms with Crippen molar-refractivity contribution in [3.63, 3.8) is 0 Å². The number of nitrogens with one attached hydrogen (secondary N) is 1. The number of carbonyl (C=O) groups is 2. The minimum absolute atomic E-state index is 0.0195. The first kappa shape index (κ1) is 11.0. The molecule has 0 saturated heterocycles. The third-order valence-electron chi connectivity index (χ3n) is 1.65. The van der Waals surface area contributed by atoms with Gasteiger partial charge in [-0.3, -0.25) is 9.78 Å². The van der Waals surface area contributed by atoms with Crippen LogP contribution in [0.3, 0.4) is 0 Å². The Morgan fingerprint density at radius 1 is 1.60 bits per heavy atom. The second kappa shape index (κ2) is 4.94. The number of ether oxygens (including phenoxy) is 1. The van der Waals surface area contributed by atoms with Crippen molar-refractivity contribution in [2.45, 2.75) is 0 Å². The number of nitrogens with zero attached hydrogens (tertiary/aromatic N) is 1. The average molecular weight is 210 g/mol. The number of carboxylic acids is 1. The SMILES string of the molecule is CNC(=O)COc1cnccc1C(=O)O. The maximum absolute atomic E-state index is 10.9. The minimum atomic E-state index is -1.12. The summed E-state index contributed by atoms with van der Waals surface area (Å²) < 4.78 is 5.00. The van der Waals surface area contributed by atoms with Crippen molar-refractivity contribution in [2.24, 2.45) is 0 Å². The Bertz CT molecular complexity index is 378. The predicted molar refractivity (Wildman–Crippen MR) is 50.8 cm³/mol. The predicted octanol–water partition coefficient (Wildman–Crippen LogP) is -0.0954. The van der Waals surface area contributed by atoms with Crippen LogP contribution in [0.1, 0.15) is 10.4 Å². The van der Waals surface area contributed by atoms with Crippen LogP contribution in [0.2, 0.25) is 0 Å². The Morgan fingerprint density at radius 3 is 2.93 bits per heavy atom. The van der Waals surface area contributed by atoms with Crippen LogP contribution in [0.15, 0.2) is 18.5 Å². The van der Waals surface area contributed by atoms with Crippen LogP contribution in [0.5, 0.6) is 5.75 Å². The standard InChI is InChI=1S/C9H10N2O4/c1-10-8(12)5-15-7-4-11-3-2-6(7)9(13)14/h2-4H,5H2,1H3,(H,10,12)(H,13,14). The Hall–Kier alpha value is -2.11. The van der Waals surface area contributed by atoms with Gasteiger partial charge in [0.05, 0.1) is 6.20 Å². The van der Waals surface area contributed by atoms with Gasteiger partial charge in [0.25, 0.3) is 5.91 Å². The minimum Gasteiger partial charge on any atom is -0.481 e. The first-order valence-corrected chi connectivity index (χ1v) is 4.16. The van der Waals surface area contributed by atoms with Crippen molar-refractivity contribution in [3.8, 4) is 5.75 Å². The summed E-state index contributed by atoms with van der Waals surface area (Å²) >= 11 is 0. The van der Waals surface area contributed by atoms with E-state index in [4.69, 9.17) is 9.84 Å². The Morgan fingerprint density at radius 2 is 2.33 bits per heavy atom. The molecule has 0 saturated carbocycles. The fraction of sp³-hybridized carbons (Fsp3) is 0.222. The molecule has 1 rings (SSSR count). The summed E-state index contributed by atoms with van der Waals surface area (Å²) in [6.45, 7) is -0.234. The fourth-order valence-corrected chi connectivity index (χ4v) is 0.887. The highest BCUT2D eigenvalue weighted by Crippen LogP contribution is 2.15. The van der Waals surface area contributed by atoms with Gasteiger partial charge in [0.15, 0.2) is 12.4 Å². The van der Waals surface area contributed by atoms with Gasteiger partial charge in [-0.05, 0) is 6.07 Å². The molecule has 0 bridgehead atoms. The van der Waals surface area contributed by atoms with Gasteiger partial charge < -0.3 is 15.2 Å². The number of carboxylic acid groups (broad SMARTS) is 1. The molecular weight excluding hydrogens is 200 g/mol. The van der Waals surface area contributed by atoms with Gasteiger partial charge in [0.1, 0.15) is 5.56 Å². The largest absolute Gasteiger partial charge is 0.481 e. The van der Waals surface area contributed by atoms with Crippen LogP contribution in [0.25, 0.3) is 0 Å². The molecule has 1 heterocycles. The lowest BCUT2D eigenvalue weighted by atomic mass is 10.2. The molecule has 1 aromatic heterocycles. The van der Waals surface area contributed by atoms with E-state index in [0.29, 0.717) is 0 Å². The number of likely N-dealkylation sites (N-methyl/N-ethyl adjacent to an activating group) is 1.